The van der Waals surface area contributed by atoms with Crippen LogP contribution in [0.25, 0.3) is 11.1 Å². The second kappa shape index (κ2) is 9.50. The number of aryl methyl sites for hydroxylation is 1. The summed E-state index contributed by atoms with van der Waals surface area (Å²) in [7, 11) is -3.52. The summed E-state index contributed by atoms with van der Waals surface area (Å²) < 4.78 is 23.2. The van der Waals surface area contributed by atoms with Gasteiger partial charge in [0, 0.05) is 6.26 Å². The maximum absolute atomic E-state index is 11.6. The van der Waals surface area contributed by atoms with Crippen molar-refractivity contribution < 1.29 is 18.4 Å². The molecule has 0 fully saturated rings. The fourth-order valence-corrected chi connectivity index (χ4v) is 3.98. The summed E-state index contributed by atoms with van der Waals surface area (Å²) in [5, 5.41) is 7.48. The van der Waals surface area contributed by atoms with Crippen molar-refractivity contribution in [3.05, 3.63) is 60.2 Å². The van der Waals surface area contributed by atoms with Gasteiger partial charge in [0.05, 0.1) is 0 Å². The summed E-state index contributed by atoms with van der Waals surface area (Å²) in [6, 6.07) is 18.6. The smallest absolute Gasteiger partial charge is 0.261 e. The van der Waals surface area contributed by atoms with Crippen LogP contribution >= 0.6 is 0 Å². The largest absolute Gasteiger partial charge is 0.289 e. The number of hydroxylamine groups is 1. The van der Waals surface area contributed by atoms with Crippen molar-refractivity contribution in [1.82, 2.24) is 5.48 Å². The molecule has 2 N–H and O–H groups in total. The van der Waals surface area contributed by atoms with E-state index in [9.17, 15) is 13.2 Å². The van der Waals surface area contributed by atoms with E-state index in [1.165, 1.54) is 22.2 Å². The molecule has 1 amide bonds. The van der Waals surface area contributed by atoms with E-state index in [-0.39, 0.29) is 6.42 Å². The molecule has 1 atom stereocenters. The van der Waals surface area contributed by atoms with Crippen LogP contribution in [0.3, 0.4) is 0 Å². The first-order chi connectivity index (χ1) is 12.4. The molecular formula is C20H25NO4S. The van der Waals surface area contributed by atoms with E-state index in [2.05, 4.69) is 36.4 Å². The first-order valence-electron chi connectivity index (χ1n) is 8.69. The van der Waals surface area contributed by atoms with Gasteiger partial charge in [-0.15, -0.1) is 0 Å². The SMILES string of the molecule is CS(=O)(=O)C(CCCCCc1ccc(-c2ccccc2)cc1)C(=O)NO. The number of hydrogen-bond donors (Lipinski definition) is 2. The topological polar surface area (TPSA) is 83.5 Å². The number of amides is 1. The van der Waals surface area contributed by atoms with Crippen molar-refractivity contribution in [2.75, 3.05) is 6.26 Å². The minimum absolute atomic E-state index is 0.220. The molecule has 5 nitrogen and oxygen atoms in total. The van der Waals surface area contributed by atoms with Crippen molar-refractivity contribution in [3.63, 3.8) is 0 Å². The fourth-order valence-electron chi connectivity index (χ4n) is 2.94. The maximum atomic E-state index is 11.6. The number of rotatable bonds is 9. The Hall–Kier alpha value is -2.18. The molecule has 0 aliphatic carbocycles. The molecule has 0 aliphatic rings. The summed E-state index contributed by atoms with van der Waals surface area (Å²) in [4.78, 5) is 11.5. The lowest BCUT2D eigenvalue weighted by Gasteiger charge is -2.12. The highest BCUT2D eigenvalue weighted by Crippen LogP contribution is 2.20. The van der Waals surface area contributed by atoms with Crippen LogP contribution in [0.4, 0.5) is 0 Å². The van der Waals surface area contributed by atoms with Gasteiger partial charge in [0.25, 0.3) is 5.91 Å². The van der Waals surface area contributed by atoms with Crippen LogP contribution in [0.2, 0.25) is 0 Å². The lowest BCUT2D eigenvalue weighted by atomic mass is 10.0. The molecule has 0 saturated heterocycles. The predicted molar refractivity (Wildman–Crippen MR) is 103 cm³/mol. The number of hydrogen-bond acceptors (Lipinski definition) is 4. The van der Waals surface area contributed by atoms with Crippen molar-refractivity contribution in [2.45, 2.75) is 37.4 Å². The maximum Gasteiger partial charge on any atom is 0.261 e. The molecule has 2 rings (SSSR count). The molecule has 0 aromatic heterocycles. The number of benzene rings is 2. The van der Waals surface area contributed by atoms with Crippen LogP contribution in [0.5, 0.6) is 0 Å². The first kappa shape index (κ1) is 20.1. The highest BCUT2D eigenvalue weighted by molar-refractivity contribution is 7.92. The molecule has 0 bridgehead atoms. The summed E-state index contributed by atoms with van der Waals surface area (Å²) in [5.41, 5.74) is 5.04. The molecular weight excluding hydrogens is 350 g/mol. The van der Waals surface area contributed by atoms with Gasteiger partial charge in [-0.1, -0.05) is 67.4 Å². The van der Waals surface area contributed by atoms with Crippen LogP contribution in [-0.2, 0) is 21.1 Å². The number of sulfone groups is 1. The van der Waals surface area contributed by atoms with Gasteiger partial charge in [0.2, 0.25) is 0 Å². The molecule has 0 aliphatic heterocycles. The number of nitrogens with one attached hydrogen (secondary N) is 1. The summed E-state index contributed by atoms with van der Waals surface area (Å²) in [6.07, 6.45) is 4.50. The zero-order valence-electron chi connectivity index (χ0n) is 14.9. The molecule has 6 heteroatoms. The van der Waals surface area contributed by atoms with Crippen LogP contribution < -0.4 is 5.48 Å². The quantitative estimate of drug-likeness (QED) is 0.400. The second-order valence-electron chi connectivity index (χ2n) is 6.46. The zero-order chi connectivity index (χ0) is 19.0. The van der Waals surface area contributed by atoms with Gasteiger partial charge in [0.15, 0.2) is 9.84 Å². The third-order valence-corrected chi connectivity index (χ3v) is 5.90. The number of unbranched alkanes of at least 4 members (excludes halogenated alkanes) is 2. The monoisotopic (exact) mass is 375 g/mol. The molecule has 1 unspecified atom stereocenters. The van der Waals surface area contributed by atoms with Gasteiger partial charge in [-0.05, 0) is 36.0 Å². The van der Waals surface area contributed by atoms with Crippen LogP contribution in [0, 0.1) is 0 Å². The minimum Gasteiger partial charge on any atom is -0.289 e. The Morgan fingerprint density at radius 2 is 1.58 bits per heavy atom. The van der Waals surface area contributed by atoms with E-state index >= 15 is 0 Å². The lowest BCUT2D eigenvalue weighted by Crippen LogP contribution is -2.37. The minimum atomic E-state index is -3.52. The molecule has 0 saturated carbocycles. The molecule has 140 valence electrons. The Morgan fingerprint density at radius 3 is 2.15 bits per heavy atom. The molecule has 0 heterocycles. The van der Waals surface area contributed by atoms with E-state index in [1.54, 1.807) is 0 Å². The normalized spacial score (nSPS) is 12.5. The van der Waals surface area contributed by atoms with Crippen molar-refractivity contribution in [1.29, 1.82) is 0 Å². The van der Waals surface area contributed by atoms with Gasteiger partial charge in [-0.2, -0.15) is 0 Å². The average Bonchev–Trinajstić information content (AvgIpc) is 2.64. The summed E-state index contributed by atoms with van der Waals surface area (Å²) in [5.74, 6) is -0.857. The summed E-state index contributed by atoms with van der Waals surface area (Å²) in [6.45, 7) is 0. The van der Waals surface area contributed by atoms with Gasteiger partial charge >= 0.3 is 0 Å². The zero-order valence-corrected chi connectivity index (χ0v) is 15.7. The number of carbonyl (C=O) groups is 1. The highest BCUT2D eigenvalue weighted by atomic mass is 32.2. The van der Waals surface area contributed by atoms with Crippen molar-refractivity contribution in [3.8, 4) is 11.1 Å². The van der Waals surface area contributed by atoms with Gasteiger partial charge in [-0.25, -0.2) is 13.9 Å². The van der Waals surface area contributed by atoms with Crippen molar-refractivity contribution >= 4 is 15.7 Å². The standard InChI is InChI=1S/C20H25NO4S/c1-26(24,25)19(20(22)21-23)11-7-2-4-8-16-12-14-18(15-13-16)17-9-5-3-6-10-17/h3,5-6,9-10,12-15,19,23H,2,4,7-8,11H2,1H3,(H,21,22). The molecule has 2 aromatic rings. The van der Waals surface area contributed by atoms with Crippen LogP contribution in [-0.4, -0.2) is 31.0 Å². The molecule has 0 radical (unpaired) electrons. The fraction of sp³-hybridized carbons (Fsp3) is 0.350. The van der Waals surface area contributed by atoms with Crippen molar-refractivity contribution in [2.24, 2.45) is 0 Å². The second-order valence-corrected chi connectivity index (χ2v) is 8.68. The third kappa shape index (κ3) is 5.97. The van der Waals surface area contributed by atoms with E-state index in [0.717, 1.165) is 25.5 Å². The lowest BCUT2D eigenvalue weighted by molar-refractivity contribution is -0.128. The van der Waals surface area contributed by atoms with E-state index < -0.39 is 21.0 Å². The van der Waals surface area contributed by atoms with Crippen LogP contribution in [0.1, 0.15) is 31.2 Å². The van der Waals surface area contributed by atoms with Gasteiger partial charge in [-0.3, -0.25) is 10.0 Å². The van der Waals surface area contributed by atoms with Crippen LogP contribution in [0.15, 0.2) is 54.6 Å². The van der Waals surface area contributed by atoms with E-state index in [0.29, 0.717) is 6.42 Å². The predicted octanol–water partition coefficient (Wildman–Crippen LogP) is 3.38. The molecule has 0 spiro atoms. The Morgan fingerprint density at radius 1 is 0.962 bits per heavy atom. The molecule has 26 heavy (non-hydrogen) atoms. The van der Waals surface area contributed by atoms with Gasteiger partial charge < -0.3 is 0 Å². The van der Waals surface area contributed by atoms with Gasteiger partial charge in [0.1, 0.15) is 5.25 Å². The van der Waals surface area contributed by atoms with E-state index in [1.807, 2.05) is 18.2 Å². The number of carbonyl (C=O) groups excluding carboxylic acids is 1. The Kier molecular flexibility index (Phi) is 7.36. The average molecular weight is 375 g/mol. The third-order valence-electron chi connectivity index (χ3n) is 4.41. The summed E-state index contributed by atoms with van der Waals surface area (Å²) >= 11 is 0. The van der Waals surface area contributed by atoms with E-state index in [4.69, 9.17) is 5.21 Å². The highest BCUT2D eigenvalue weighted by Gasteiger charge is 2.27. The Bertz CT molecular complexity index is 801. The molecule has 2 aromatic carbocycles. The Labute approximate surface area is 154 Å². The first-order valence-corrected chi connectivity index (χ1v) is 10.6. The Balaban J connectivity index is 1.78.